The summed E-state index contributed by atoms with van der Waals surface area (Å²) in [5, 5.41) is 13.9. The molecule has 2 rings (SSSR count). The monoisotopic (exact) mass is 250 g/mol. The Labute approximate surface area is 106 Å². The summed E-state index contributed by atoms with van der Waals surface area (Å²) in [6, 6.07) is 6.83. The van der Waals surface area contributed by atoms with Gasteiger partial charge in [-0.25, -0.2) is 0 Å². The van der Waals surface area contributed by atoms with Crippen LogP contribution < -0.4 is 10.1 Å². The van der Waals surface area contributed by atoms with Crippen LogP contribution in [0.1, 0.15) is 19.8 Å². The van der Waals surface area contributed by atoms with Gasteiger partial charge in [-0.2, -0.15) is 0 Å². The van der Waals surface area contributed by atoms with Gasteiger partial charge >= 0.3 is 0 Å². The molecular weight excluding hydrogens is 232 g/mol. The number of nitrogens with one attached hydrogen (secondary N) is 1. The van der Waals surface area contributed by atoms with Crippen molar-refractivity contribution in [2.75, 3.05) is 13.2 Å². The van der Waals surface area contributed by atoms with E-state index in [2.05, 4.69) is 12.2 Å². The molecule has 1 aromatic rings. The highest BCUT2D eigenvalue weighted by atomic mass is 16.6. The van der Waals surface area contributed by atoms with Crippen LogP contribution >= 0.6 is 0 Å². The Morgan fingerprint density at radius 1 is 1.44 bits per heavy atom. The molecule has 0 aromatic heterocycles. The maximum absolute atomic E-state index is 10.5. The van der Waals surface area contributed by atoms with Gasteiger partial charge in [0.05, 0.1) is 4.92 Å². The van der Waals surface area contributed by atoms with Crippen LogP contribution in [-0.4, -0.2) is 24.1 Å². The van der Waals surface area contributed by atoms with Crippen LogP contribution in [-0.2, 0) is 0 Å². The number of ether oxygens (including phenoxy) is 1. The molecule has 0 amide bonds. The number of nitro groups is 1. The summed E-state index contributed by atoms with van der Waals surface area (Å²) in [7, 11) is 0. The van der Waals surface area contributed by atoms with Crippen LogP contribution in [0.4, 0.5) is 5.69 Å². The van der Waals surface area contributed by atoms with Crippen LogP contribution in [0.3, 0.4) is 0 Å². The molecule has 0 heterocycles. The summed E-state index contributed by atoms with van der Waals surface area (Å²) >= 11 is 0. The summed E-state index contributed by atoms with van der Waals surface area (Å²) in [6.45, 7) is 3.61. The fourth-order valence-electron chi connectivity index (χ4n) is 2.03. The first kappa shape index (κ1) is 12.8. The highest BCUT2D eigenvalue weighted by Crippen LogP contribution is 2.32. The number of benzene rings is 1. The topological polar surface area (TPSA) is 64.4 Å². The lowest BCUT2D eigenvalue weighted by molar-refractivity contribution is -0.384. The lowest BCUT2D eigenvalue weighted by Crippen LogP contribution is -2.24. The van der Waals surface area contributed by atoms with Crippen molar-refractivity contribution in [3.8, 4) is 5.75 Å². The first-order valence-electron chi connectivity index (χ1n) is 6.31. The second kappa shape index (κ2) is 5.82. The average Bonchev–Trinajstić information content (AvgIpc) is 3.14. The van der Waals surface area contributed by atoms with E-state index in [1.165, 1.54) is 25.0 Å². The highest BCUT2D eigenvalue weighted by molar-refractivity contribution is 5.35. The van der Waals surface area contributed by atoms with Gasteiger partial charge in [-0.05, 0) is 24.5 Å². The quantitative estimate of drug-likeness (QED) is 0.458. The number of nitrogens with zero attached hydrogens (tertiary/aromatic N) is 1. The highest BCUT2D eigenvalue weighted by Gasteiger charge is 2.34. The fourth-order valence-corrected chi connectivity index (χ4v) is 2.03. The normalized spacial score (nSPS) is 21.6. The molecule has 1 saturated carbocycles. The van der Waals surface area contributed by atoms with E-state index in [1.807, 2.05) is 0 Å². The maximum atomic E-state index is 10.5. The zero-order chi connectivity index (χ0) is 13.0. The van der Waals surface area contributed by atoms with Gasteiger partial charge in [-0.3, -0.25) is 10.1 Å². The van der Waals surface area contributed by atoms with Gasteiger partial charge < -0.3 is 10.1 Å². The van der Waals surface area contributed by atoms with Crippen LogP contribution in [0.15, 0.2) is 24.3 Å². The molecule has 0 spiro atoms. The van der Waals surface area contributed by atoms with Gasteiger partial charge in [0.2, 0.25) is 0 Å². The molecule has 5 heteroatoms. The molecule has 0 saturated heterocycles. The zero-order valence-corrected chi connectivity index (χ0v) is 10.5. The Balaban J connectivity index is 1.66. The van der Waals surface area contributed by atoms with Crippen LogP contribution in [0.25, 0.3) is 0 Å². The molecule has 1 fully saturated rings. The third kappa shape index (κ3) is 3.43. The number of hydrogen-bond donors (Lipinski definition) is 1. The molecule has 1 aliphatic rings. The van der Waals surface area contributed by atoms with E-state index < -0.39 is 4.92 Å². The van der Waals surface area contributed by atoms with E-state index in [1.54, 1.807) is 12.1 Å². The zero-order valence-electron chi connectivity index (χ0n) is 10.5. The summed E-state index contributed by atoms with van der Waals surface area (Å²) in [6.07, 6.45) is 2.51. The van der Waals surface area contributed by atoms with Crippen molar-refractivity contribution >= 4 is 5.69 Å². The molecule has 0 radical (unpaired) electrons. The molecule has 5 nitrogen and oxygen atoms in total. The third-order valence-electron chi connectivity index (χ3n) is 3.27. The van der Waals surface area contributed by atoms with Crippen molar-refractivity contribution in [1.29, 1.82) is 0 Å². The minimum atomic E-state index is -0.413. The van der Waals surface area contributed by atoms with Crippen molar-refractivity contribution in [3.05, 3.63) is 34.4 Å². The van der Waals surface area contributed by atoms with Gasteiger partial charge in [0.15, 0.2) is 0 Å². The molecule has 18 heavy (non-hydrogen) atoms. The molecule has 0 bridgehead atoms. The molecule has 1 N–H and O–H groups in total. The molecule has 1 aliphatic carbocycles. The predicted octanol–water partition coefficient (Wildman–Crippen LogP) is 2.36. The van der Waals surface area contributed by atoms with Crippen LogP contribution in [0.2, 0.25) is 0 Å². The lowest BCUT2D eigenvalue weighted by atomic mass is 10.3. The molecule has 1 aromatic carbocycles. The van der Waals surface area contributed by atoms with Gasteiger partial charge in [-0.15, -0.1) is 0 Å². The predicted molar refractivity (Wildman–Crippen MR) is 68.8 cm³/mol. The average molecular weight is 250 g/mol. The molecule has 0 aliphatic heterocycles. The van der Waals surface area contributed by atoms with Crippen molar-refractivity contribution in [1.82, 2.24) is 5.32 Å². The minimum absolute atomic E-state index is 0.0873. The summed E-state index contributed by atoms with van der Waals surface area (Å²) in [5.74, 6) is 1.51. The van der Waals surface area contributed by atoms with Crippen molar-refractivity contribution in [3.63, 3.8) is 0 Å². The van der Waals surface area contributed by atoms with Crippen LogP contribution in [0, 0.1) is 16.0 Å². The molecule has 98 valence electrons. The Bertz CT molecular complexity index is 405. The van der Waals surface area contributed by atoms with E-state index in [0.29, 0.717) is 18.4 Å². The summed E-state index contributed by atoms with van der Waals surface area (Å²) in [4.78, 5) is 10.1. The summed E-state index contributed by atoms with van der Waals surface area (Å²) in [5.41, 5.74) is 0.0873. The first-order valence-corrected chi connectivity index (χ1v) is 6.31. The van der Waals surface area contributed by atoms with Crippen molar-refractivity contribution in [2.24, 2.45) is 5.92 Å². The standard InChI is InChI=1S/C13H18N2O3/c1-2-10-9-13(10)14-7-8-18-12-5-3-11(4-6-12)15(16)17/h3-6,10,13-14H,2,7-9H2,1H3. The number of non-ortho nitro benzene ring substituents is 1. The van der Waals surface area contributed by atoms with E-state index in [4.69, 9.17) is 4.74 Å². The molecule has 2 unspecified atom stereocenters. The largest absolute Gasteiger partial charge is 0.492 e. The van der Waals surface area contributed by atoms with Gasteiger partial charge in [0.1, 0.15) is 12.4 Å². The van der Waals surface area contributed by atoms with Gasteiger partial charge in [0, 0.05) is 24.7 Å². The molecular formula is C13H18N2O3. The Morgan fingerprint density at radius 3 is 2.72 bits per heavy atom. The summed E-state index contributed by atoms with van der Waals surface area (Å²) < 4.78 is 5.50. The number of rotatable bonds is 7. The van der Waals surface area contributed by atoms with Crippen LogP contribution in [0.5, 0.6) is 5.75 Å². The van der Waals surface area contributed by atoms with Crippen molar-refractivity contribution in [2.45, 2.75) is 25.8 Å². The van der Waals surface area contributed by atoms with E-state index in [0.717, 1.165) is 12.5 Å². The Morgan fingerprint density at radius 2 is 2.17 bits per heavy atom. The maximum Gasteiger partial charge on any atom is 0.269 e. The van der Waals surface area contributed by atoms with Gasteiger partial charge in [-0.1, -0.05) is 13.3 Å². The second-order valence-corrected chi connectivity index (χ2v) is 4.56. The fraction of sp³-hybridized carbons (Fsp3) is 0.538. The molecule has 2 atom stereocenters. The van der Waals surface area contributed by atoms with Gasteiger partial charge in [0.25, 0.3) is 5.69 Å². The Hall–Kier alpha value is -1.62. The van der Waals surface area contributed by atoms with Crippen molar-refractivity contribution < 1.29 is 9.66 Å². The number of hydrogen-bond acceptors (Lipinski definition) is 4. The lowest BCUT2D eigenvalue weighted by Gasteiger charge is -2.07. The smallest absolute Gasteiger partial charge is 0.269 e. The Kier molecular flexibility index (Phi) is 4.15. The third-order valence-corrected chi connectivity index (χ3v) is 3.27. The van der Waals surface area contributed by atoms with E-state index in [-0.39, 0.29) is 5.69 Å². The minimum Gasteiger partial charge on any atom is -0.492 e. The van der Waals surface area contributed by atoms with E-state index in [9.17, 15) is 10.1 Å². The van der Waals surface area contributed by atoms with E-state index >= 15 is 0 Å². The SMILES string of the molecule is CCC1CC1NCCOc1ccc([N+](=O)[O-])cc1. The number of nitro benzene ring substituents is 1. The second-order valence-electron chi connectivity index (χ2n) is 4.56. The first-order chi connectivity index (χ1) is 8.70.